The van der Waals surface area contributed by atoms with Crippen LogP contribution in [0.1, 0.15) is 45.7 Å². The molecule has 2 rings (SSSR count). The van der Waals surface area contributed by atoms with Crippen molar-refractivity contribution in [2.24, 2.45) is 5.73 Å². The molecule has 1 aliphatic heterocycles. The van der Waals surface area contributed by atoms with E-state index in [1.807, 2.05) is 6.92 Å². The second-order valence-corrected chi connectivity index (χ2v) is 6.61. The minimum atomic E-state index is 0. The van der Waals surface area contributed by atoms with Crippen LogP contribution in [0.15, 0.2) is 5.38 Å². The van der Waals surface area contributed by atoms with Crippen molar-refractivity contribution in [1.29, 1.82) is 0 Å². The third-order valence-corrected chi connectivity index (χ3v) is 5.02. The van der Waals surface area contributed by atoms with Crippen LogP contribution in [0.3, 0.4) is 0 Å². The summed E-state index contributed by atoms with van der Waals surface area (Å²) in [6.45, 7) is 8.22. The molecular weight excluding hydrogens is 320 g/mol. The van der Waals surface area contributed by atoms with E-state index >= 15 is 0 Å². The maximum absolute atomic E-state index is 11.6. The molecule has 1 fully saturated rings. The van der Waals surface area contributed by atoms with Crippen molar-refractivity contribution in [2.75, 3.05) is 18.0 Å². The van der Waals surface area contributed by atoms with E-state index in [0.29, 0.717) is 12.6 Å². The summed E-state index contributed by atoms with van der Waals surface area (Å²) in [5.74, 6) is 0.0461. The van der Waals surface area contributed by atoms with E-state index in [1.165, 1.54) is 19.3 Å². The molecule has 1 aliphatic rings. The summed E-state index contributed by atoms with van der Waals surface area (Å²) >= 11 is 1.54. The molecule has 0 radical (unpaired) electrons. The normalized spacial score (nSPS) is 20.3. The van der Waals surface area contributed by atoms with Crippen molar-refractivity contribution in [3.05, 3.63) is 11.1 Å². The number of amides is 1. The van der Waals surface area contributed by atoms with Gasteiger partial charge in [-0.3, -0.25) is 14.6 Å². The zero-order valence-electron chi connectivity index (χ0n) is 13.6. The molecule has 0 saturated carbocycles. The van der Waals surface area contributed by atoms with Gasteiger partial charge in [0.1, 0.15) is 0 Å². The van der Waals surface area contributed by atoms with Crippen LogP contribution in [0.5, 0.6) is 0 Å². The van der Waals surface area contributed by atoms with Gasteiger partial charge in [0.05, 0.1) is 5.69 Å². The van der Waals surface area contributed by atoms with Crippen LogP contribution in [0, 0.1) is 0 Å². The van der Waals surface area contributed by atoms with Crippen LogP contribution >= 0.6 is 23.7 Å². The van der Waals surface area contributed by atoms with E-state index < -0.39 is 0 Å². The minimum Gasteiger partial charge on any atom is -0.327 e. The van der Waals surface area contributed by atoms with Crippen molar-refractivity contribution in [3.63, 3.8) is 0 Å². The van der Waals surface area contributed by atoms with E-state index in [2.05, 4.69) is 22.2 Å². The van der Waals surface area contributed by atoms with Crippen LogP contribution in [0.2, 0.25) is 0 Å². The number of rotatable bonds is 5. The molecule has 126 valence electrons. The summed E-state index contributed by atoms with van der Waals surface area (Å²) < 4.78 is 0. The number of carbonyl (C=O) groups excluding carboxylic acids is 1. The number of anilines is 1. The van der Waals surface area contributed by atoms with Gasteiger partial charge >= 0.3 is 0 Å². The van der Waals surface area contributed by atoms with Crippen LogP contribution in [-0.2, 0) is 11.3 Å². The predicted octanol–water partition coefficient (Wildman–Crippen LogP) is 2.64. The van der Waals surface area contributed by atoms with Crippen LogP contribution in [0.25, 0.3) is 0 Å². The van der Waals surface area contributed by atoms with Crippen molar-refractivity contribution in [2.45, 2.75) is 58.7 Å². The Morgan fingerprint density at radius 3 is 2.91 bits per heavy atom. The van der Waals surface area contributed by atoms with Gasteiger partial charge < -0.3 is 5.73 Å². The number of thiazole rings is 1. The fourth-order valence-corrected chi connectivity index (χ4v) is 3.93. The van der Waals surface area contributed by atoms with Crippen LogP contribution in [-0.4, -0.2) is 41.0 Å². The number of hydrogen-bond acceptors (Lipinski definition) is 5. The zero-order valence-corrected chi connectivity index (χ0v) is 15.3. The summed E-state index contributed by atoms with van der Waals surface area (Å²) in [7, 11) is 0. The minimum absolute atomic E-state index is 0. The molecule has 0 aliphatic carbocycles. The lowest BCUT2D eigenvalue weighted by atomic mass is 9.97. The molecule has 0 aromatic carbocycles. The average Bonchev–Trinajstić information content (AvgIpc) is 2.87. The number of piperidine rings is 1. The third-order valence-electron chi connectivity index (χ3n) is 4.10. The number of likely N-dealkylation sites (tertiary alicyclic amines) is 1. The monoisotopic (exact) mass is 346 g/mol. The standard InChI is InChI=1S/C15H26N4OS.ClH/c1-4-19(12(3)20)15-17-13(10-21-15)9-18-8-6-5-7-14(18)11(2)16;/h10-11,14H,4-9,16H2,1-3H3;1H. The summed E-state index contributed by atoms with van der Waals surface area (Å²) in [6.07, 6.45) is 3.66. The first-order chi connectivity index (χ1) is 10.0. The zero-order chi connectivity index (χ0) is 15.4. The highest BCUT2D eigenvalue weighted by Crippen LogP contribution is 2.25. The molecule has 2 unspecified atom stereocenters. The fraction of sp³-hybridized carbons (Fsp3) is 0.733. The number of hydrogen-bond donors (Lipinski definition) is 1. The first-order valence-corrected chi connectivity index (χ1v) is 8.63. The number of carbonyl (C=O) groups is 1. The first-order valence-electron chi connectivity index (χ1n) is 7.75. The van der Waals surface area contributed by atoms with E-state index in [-0.39, 0.29) is 24.4 Å². The molecule has 2 atom stereocenters. The Morgan fingerprint density at radius 1 is 1.59 bits per heavy atom. The van der Waals surface area contributed by atoms with Crippen LogP contribution in [0.4, 0.5) is 5.13 Å². The first kappa shape index (κ1) is 19.4. The van der Waals surface area contributed by atoms with Gasteiger partial charge in [0.25, 0.3) is 0 Å². The molecule has 7 heteroatoms. The smallest absolute Gasteiger partial charge is 0.225 e. The van der Waals surface area contributed by atoms with E-state index in [1.54, 1.807) is 23.2 Å². The van der Waals surface area contributed by atoms with Gasteiger partial charge in [-0.05, 0) is 33.2 Å². The van der Waals surface area contributed by atoms with Gasteiger partial charge in [-0.25, -0.2) is 4.98 Å². The maximum Gasteiger partial charge on any atom is 0.225 e. The van der Waals surface area contributed by atoms with Gasteiger partial charge in [0, 0.05) is 37.5 Å². The largest absolute Gasteiger partial charge is 0.327 e. The molecule has 0 spiro atoms. The lowest BCUT2D eigenvalue weighted by molar-refractivity contribution is -0.116. The molecule has 1 aromatic rings. The summed E-state index contributed by atoms with van der Waals surface area (Å²) in [4.78, 5) is 20.4. The third kappa shape index (κ3) is 4.65. The maximum atomic E-state index is 11.6. The SMILES string of the molecule is CCN(C(C)=O)c1nc(CN2CCCCC2C(C)N)cs1.Cl. The number of halogens is 1. The second kappa shape index (κ2) is 8.82. The predicted molar refractivity (Wildman–Crippen MR) is 94.8 cm³/mol. The topological polar surface area (TPSA) is 62.5 Å². The lowest BCUT2D eigenvalue weighted by Crippen LogP contribution is -2.48. The highest BCUT2D eigenvalue weighted by Gasteiger charge is 2.26. The summed E-state index contributed by atoms with van der Waals surface area (Å²) in [5.41, 5.74) is 7.16. The van der Waals surface area contributed by atoms with Crippen LogP contribution < -0.4 is 10.6 Å². The van der Waals surface area contributed by atoms with Gasteiger partial charge in [0.15, 0.2) is 5.13 Å². The molecule has 2 N–H and O–H groups in total. The van der Waals surface area contributed by atoms with Gasteiger partial charge in [-0.2, -0.15) is 0 Å². The van der Waals surface area contributed by atoms with Gasteiger partial charge in [-0.15, -0.1) is 23.7 Å². The Labute approximate surface area is 143 Å². The highest BCUT2D eigenvalue weighted by atomic mass is 35.5. The Bertz CT molecular complexity index is 480. The lowest BCUT2D eigenvalue weighted by Gasteiger charge is -2.37. The molecule has 5 nitrogen and oxygen atoms in total. The Balaban J connectivity index is 0.00000242. The van der Waals surface area contributed by atoms with Crippen molar-refractivity contribution < 1.29 is 4.79 Å². The molecule has 22 heavy (non-hydrogen) atoms. The van der Waals surface area contributed by atoms with Crippen molar-refractivity contribution in [3.8, 4) is 0 Å². The summed E-state index contributed by atoms with van der Waals surface area (Å²) in [5, 5.41) is 2.86. The Hall–Kier alpha value is -0.690. The van der Waals surface area contributed by atoms with E-state index in [9.17, 15) is 4.79 Å². The molecule has 1 amide bonds. The molecule has 1 aromatic heterocycles. The van der Waals surface area contributed by atoms with Gasteiger partial charge in [-0.1, -0.05) is 6.42 Å². The fourth-order valence-electron chi connectivity index (χ4n) is 3.00. The van der Waals surface area contributed by atoms with E-state index in [4.69, 9.17) is 5.73 Å². The molecular formula is C15H27ClN4OS. The average molecular weight is 347 g/mol. The van der Waals surface area contributed by atoms with Crippen molar-refractivity contribution in [1.82, 2.24) is 9.88 Å². The highest BCUT2D eigenvalue weighted by molar-refractivity contribution is 7.14. The number of nitrogens with zero attached hydrogens (tertiary/aromatic N) is 3. The quantitative estimate of drug-likeness (QED) is 0.890. The molecule has 1 saturated heterocycles. The second-order valence-electron chi connectivity index (χ2n) is 5.78. The van der Waals surface area contributed by atoms with E-state index in [0.717, 1.165) is 23.9 Å². The number of aromatic nitrogens is 1. The van der Waals surface area contributed by atoms with Crippen molar-refractivity contribution >= 4 is 34.8 Å². The number of nitrogens with two attached hydrogens (primary N) is 1. The Morgan fingerprint density at radius 2 is 2.32 bits per heavy atom. The molecule has 2 heterocycles. The van der Waals surface area contributed by atoms with Gasteiger partial charge in [0.2, 0.25) is 5.91 Å². The molecule has 0 bridgehead atoms. The summed E-state index contributed by atoms with van der Waals surface area (Å²) in [6, 6.07) is 0.631. The Kier molecular flexibility index (Phi) is 7.76.